The van der Waals surface area contributed by atoms with Gasteiger partial charge in [-0.3, -0.25) is 4.79 Å². The van der Waals surface area contributed by atoms with Gasteiger partial charge in [0, 0.05) is 12.2 Å². The molecule has 5 atom stereocenters. The SMILES string of the molecule is COc1ccc(CO[C@H](/C=C/C(=O)O)[C@H](C)OC(=O)/C=C/[C@@H](OCc2ccc(OC)cc2)[C@H](C)OC(=O)C[C@@H](C)O)cc1. The van der Waals surface area contributed by atoms with Crippen LogP contribution in [0.25, 0.3) is 0 Å². The number of carbonyl (C=O) groups is 3. The fraction of sp³-hybridized carbons (Fsp3) is 0.406. The molecule has 2 aromatic rings. The molecule has 2 N–H and O–H groups in total. The number of aliphatic carboxylic acids is 1. The summed E-state index contributed by atoms with van der Waals surface area (Å²) in [6.07, 6.45) is 0.366. The van der Waals surface area contributed by atoms with Crippen molar-refractivity contribution in [3.63, 3.8) is 0 Å². The lowest BCUT2D eigenvalue weighted by atomic mass is 10.1. The zero-order valence-electron chi connectivity index (χ0n) is 25.0. The second-order valence-corrected chi connectivity index (χ2v) is 9.69. The van der Waals surface area contributed by atoms with Crippen LogP contribution in [0.2, 0.25) is 0 Å². The number of ether oxygens (including phenoxy) is 6. The minimum atomic E-state index is -1.17. The molecule has 0 bridgehead atoms. The molecule has 0 aliphatic carbocycles. The van der Waals surface area contributed by atoms with Gasteiger partial charge in [0.1, 0.15) is 35.9 Å². The van der Waals surface area contributed by atoms with E-state index in [-0.39, 0.29) is 19.6 Å². The molecule has 2 rings (SSSR count). The minimum Gasteiger partial charge on any atom is -0.497 e. The summed E-state index contributed by atoms with van der Waals surface area (Å²) in [4.78, 5) is 36.0. The Labute approximate surface area is 251 Å². The number of aliphatic hydroxyl groups excluding tert-OH is 1. The first-order chi connectivity index (χ1) is 20.5. The predicted octanol–water partition coefficient (Wildman–Crippen LogP) is 4.01. The van der Waals surface area contributed by atoms with Gasteiger partial charge in [-0.1, -0.05) is 24.3 Å². The van der Waals surface area contributed by atoms with Gasteiger partial charge >= 0.3 is 17.9 Å². The Morgan fingerprint density at radius 2 is 1.16 bits per heavy atom. The van der Waals surface area contributed by atoms with Crippen LogP contribution < -0.4 is 9.47 Å². The van der Waals surface area contributed by atoms with Crippen molar-refractivity contribution in [3.05, 3.63) is 84.0 Å². The van der Waals surface area contributed by atoms with Gasteiger partial charge in [-0.05, 0) is 68.3 Å². The van der Waals surface area contributed by atoms with E-state index >= 15 is 0 Å². The van der Waals surface area contributed by atoms with E-state index in [2.05, 4.69) is 0 Å². The van der Waals surface area contributed by atoms with Gasteiger partial charge in [0.15, 0.2) is 0 Å². The quantitative estimate of drug-likeness (QED) is 0.189. The van der Waals surface area contributed by atoms with Crippen LogP contribution in [-0.2, 0) is 46.5 Å². The normalized spacial score (nSPS) is 14.9. The third-order valence-electron chi connectivity index (χ3n) is 6.06. The zero-order valence-corrected chi connectivity index (χ0v) is 25.0. The van der Waals surface area contributed by atoms with Crippen molar-refractivity contribution in [1.29, 1.82) is 0 Å². The number of carboxylic acid groups (broad SMARTS) is 1. The van der Waals surface area contributed by atoms with Gasteiger partial charge in [0.2, 0.25) is 0 Å². The largest absolute Gasteiger partial charge is 0.497 e. The third kappa shape index (κ3) is 13.6. The molecule has 11 heteroatoms. The van der Waals surface area contributed by atoms with Crippen molar-refractivity contribution in [3.8, 4) is 11.5 Å². The van der Waals surface area contributed by atoms with Crippen LogP contribution >= 0.6 is 0 Å². The first-order valence-corrected chi connectivity index (χ1v) is 13.7. The second kappa shape index (κ2) is 18.4. The first kappa shape index (κ1) is 35.0. The van der Waals surface area contributed by atoms with E-state index < -0.39 is 48.4 Å². The molecule has 2 aromatic carbocycles. The monoisotopic (exact) mass is 600 g/mol. The fourth-order valence-electron chi connectivity index (χ4n) is 3.73. The molecule has 0 saturated carbocycles. The Hall–Kier alpha value is -4.19. The lowest BCUT2D eigenvalue weighted by Gasteiger charge is -2.23. The molecular formula is C32H40O11. The standard InChI is InChI=1S/C32H40O11/c1-21(33)18-32(37)43-23(3)29(41-20-25-8-12-27(39-5)13-9-25)15-17-31(36)42-22(2)28(14-16-30(34)35)40-19-24-6-10-26(38-4)11-7-24/h6-17,21-23,28-29,33H,18-20H2,1-5H3,(H,34,35)/b16-14+,17-15+/t21-,22+,23+,28-,29-/m1/s1. The van der Waals surface area contributed by atoms with Gasteiger partial charge in [-0.25, -0.2) is 9.59 Å². The summed E-state index contributed by atoms with van der Waals surface area (Å²) in [5.41, 5.74) is 1.63. The second-order valence-electron chi connectivity index (χ2n) is 9.69. The Morgan fingerprint density at radius 3 is 1.58 bits per heavy atom. The van der Waals surface area contributed by atoms with Gasteiger partial charge in [-0.2, -0.15) is 0 Å². The molecule has 0 aliphatic heterocycles. The van der Waals surface area contributed by atoms with Crippen molar-refractivity contribution in [2.75, 3.05) is 14.2 Å². The summed E-state index contributed by atoms with van der Waals surface area (Å²) in [7, 11) is 3.12. The molecule has 0 heterocycles. The van der Waals surface area contributed by atoms with Crippen molar-refractivity contribution in [2.45, 2.75) is 70.9 Å². The molecule has 0 aromatic heterocycles. The number of rotatable bonds is 18. The topological polar surface area (TPSA) is 147 Å². The Morgan fingerprint density at radius 1 is 0.721 bits per heavy atom. The highest BCUT2D eigenvalue weighted by molar-refractivity contribution is 5.82. The molecule has 0 spiro atoms. The van der Waals surface area contributed by atoms with E-state index in [1.807, 2.05) is 12.1 Å². The Bertz CT molecular complexity index is 1200. The number of benzene rings is 2. The number of hydrogen-bond acceptors (Lipinski definition) is 10. The average Bonchev–Trinajstić information content (AvgIpc) is 2.96. The van der Waals surface area contributed by atoms with Crippen LogP contribution in [-0.4, -0.2) is 72.9 Å². The zero-order chi connectivity index (χ0) is 31.8. The van der Waals surface area contributed by atoms with E-state index in [1.165, 1.54) is 19.1 Å². The average molecular weight is 601 g/mol. The smallest absolute Gasteiger partial charge is 0.330 e. The number of hydrogen-bond donors (Lipinski definition) is 2. The summed E-state index contributed by atoms with van der Waals surface area (Å²) < 4.78 is 33.0. The van der Waals surface area contributed by atoms with E-state index in [9.17, 15) is 19.5 Å². The van der Waals surface area contributed by atoms with Gasteiger partial charge < -0.3 is 38.6 Å². The summed E-state index contributed by atoms with van der Waals surface area (Å²) in [6.45, 7) is 4.93. The van der Waals surface area contributed by atoms with Crippen LogP contribution in [0.5, 0.6) is 11.5 Å². The van der Waals surface area contributed by atoms with Crippen LogP contribution in [0.3, 0.4) is 0 Å². The van der Waals surface area contributed by atoms with Gasteiger partial charge in [0.25, 0.3) is 0 Å². The number of esters is 2. The number of carbonyl (C=O) groups excluding carboxylic acids is 2. The highest BCUT2D eigenvalue weighted by atomic mass is 16.6. The van der Waals surface area contributed by atoms with E-state index in [0.717, 1.165) is 23.3 Å². The molecular weight excluding hydrogens is 560 g/mol. The number of carboxylic acids is 1. The van der Waals surface area contributed by atoms with Crippen molar-refractivity contribution in [2.24, 2.45) is 0 Å². The lowest BCUT2D eigenvalue weighted by molar-refractivity contribution is -0.156. The summed E-state index contributed by atoms with van der Waals surface area (Å²) in [6, 6.07) is 14.3. The lowest BCUT2D eigenvalue weighted by Crippen LogP contribution is -2.31. The van der Waals surface area contributed by atoms with Crippen molar-refractivity contribution >= 4 is 17.9 Å². The van der Waals surface area contributed by atoms with Crippen LogP contribution in [0.15, 0.2) is 72.8 Å². The van der Waals surface area contributed by atoms with Crippen molar-refractivity contribution < 1.29 is 53.0 Å². The number of methoxy groups -OCH3 is 2. The van der Waals surface area contributed by atoms with Crippen LogP contribution in [0.1, 0.15) is 38.3 Å². The summed E-state index contributed by atoms with van der Waals surface area (Å²) >= 11 is 0. The Kier molecular flexibility index (Phi) is 15.0. The molecule has 234 valence electrons. The molecule has 0 fully saturated rings. The molecule has 43 heavy (non-hydrogen) atoms. The molecule has 0 aliphatic rings. The number of aliphatic hydroxyl groups is 1. The molecule has 0 unspecified atom stereocenters. The first-order valence-electron chi connectivity index (χ1n) is 13.7. The van der Waals surface area contributed by atoms with Gasteiger partial charge in [-0.15, -0.1) is 0 Å². The maximum atomic E-state index is 12.8. The molecule has 11 nitrogen and oxygen atoms in total. The highest BCUT2D eigenvalue weighted by Gasteiger charge is 2.23. The van der Waals surface area contributed by atoms with E-state index in [4.69, 9.17) is 33.5 Å². The van der Waals surface area contributed by atoms with Crippen molar-refractivity contribution in [1.82, 2.24) is 0 Å². The highest BCUT2D eigenvalue weighted by Crippen LogP contribution is 2.17. The third-order valence-corrected chi connectivity index (χ3v) is 6.06. The Balaban J connectivity index is 2.09. The molecule has 0 radical (unpaired) electrons. The summed E-state index contributed by atoms with van der Waals surface area (Å²) in [5.74, 6) is -1.17. The minimum absolute atomic E-state index is 0.132. The van der Waals surface area contributed by atoms with Crippen LogP contribution in [0.4, 0.5) is 0 Å². The maximum absolute atomic E-state index is 12.8. The fourth-order valence-corrected chi connectivity index (χ4v) is 3.73. The van der Waals surface area contributed by atoms with E-state index in [1.54, 1.807) is 64.5 Å². The maximum Gasteiger partial charge on any atom is 0.330 e. The van der Waals surface area contributed by atoms with E-state index in [0.29, 0.717) is 11.5 Å². The van der Waals surface area contributed by atoms with Gasteiger partial charge in [0.05, 0.1) is 40.0 Å². The predicted molar refractivity (Wildman–Crippen MR) is 156 cm³/mol. The molecule has 0 saturated heterocycles. The summed E-state index contributed by atoms with van der Waals surface area (Å²) in [5, 5.41) is 18.6. The molecule has 0 amide bonds. The van der Waals surface area contributed by atoms with Crippen LogP contribution in [0, 0.1) is 0 Å².